The molecule has 0 unspecified atom stereocenters. The van der Waals surface area contributed by atoms with Crippen molar-refractivity contribution in [3.05, 3.63) is 60.7 Å². The highest BCUT2D eigenvalue weighted by Gasteiger charge is 2.47. The smallest absolute Gasteiger partial charge is 0.257 e. The Morgan fingerprint density at radius 1 is 0.923 bits per heavy atom. The minimum atomic E-state index is 0.0136. The van der Waals surface area contributed by atoms with Crippen LogP contribution in [-0.2, 0) is 4.79 Å². The van der Waals surface area contributed by atoms with Gasteiger partial charge in [0.15, 0.2) is 5.76 Å². The Bertz CT molecular complexity index is 878. The first-order valence-electron chi connectivity index (χ1n) is 9.11. The summed E-state index contributed by atoms with van der Waals surface area (Å²) in [7, 11) is 0. The fourth-order valence-electron chi connectivity index (χ4n) is 4.21. The molecular formula is C22H19NO2S. The summed E-state index contributed by atoms with van der Waals surface area (Å²) in [6.45, 7) is 0. The van der Waals surface area contributed by atoms with Gasteiger partial charge in [0, 0.05) is 17.0 Å². The Balaban J connectivity index is 1.53. The Morgan fingerprint density at radius 3 is 2.27 bits per heavy atom. The van der Waals surface area contributed by atoms with E-state index in [1.807, 2.05) is 60.7 Å². The highest BCUT2D eigenvalue weighted by atomic mass is 32.2. The lowest BCUT2D eigenvalue weighted by Crippen LogP contribution is -2.24. The van der Waals surface area contributed by atoms with Crippen LogP contribution in [0.5, 0.6) is 0 Å². The first-order chi connectivity index (χ1) is 12.8. The molecule has 130 valence electrons. The maximum atomic E-state index is 12.5. The fraction of sp³-hybridized carbons (Fsp3) is 0.273. The quantitative estimate of drug-likeness (QED) is 0.618. The van der Waals surface area contributed by atoms with Gasteiger partial charge in [-0.25, -0.2) is 4.98 Å². The van der Waals surface area contributed by atoms with Crippen LogP contribution >= 0.6 is 11.8 Å². The van der Waals surface area contributed by atoms with Gasteiger partial charge in [-0.2, -0.15) is 0 Å². The number of rotatable bonds is 4. The molecule has 0 N–H and O–H groups in total. The minimum Gasteiger partial charge on any atom is -0.431 e. The van der Waals surface area contributed by atoms with Gasteiger partial charge < -0.3 is 4.42 Å². The lowest BCUT2D eigenvalue weighted by molar-refractivity contribution is -0.121. The van der Waals surface area contributed by atoms with Crippen LogP contribution in [0.2, 0.25) is 0 Å². The van der Waals surface area contributed by atoms with Gasteiger partial charge in [0.25, 0.3) is 5.22 Å². The number of hydrogen-bond donors (Lipinski definition) is 0. The Morgan fingerprint density at radius 2 is 1.62 bits per heavy atom. The molecule has 26 heavy (non-hydrogen) atoms. The Hall–Kier alpha value is -2.33. The summed E-state index contributed by atoms with van der Waals surface area (Å²) >= 11 is 1.52. The van der Waals surface area contributed by atoms with Crippen molar-refractivity contribution in [3.8, 4) is 22.6 Å². The molecule has 0 spiro atoms. The standard InChI is InChI=1S/C22H19NO2S/c24-19-16-11-12-17(13-16)21(19)26-22-23-18(14-7-3-1-4-8-14)20(25-22)15-9-5-2-6-10-15/h1-10,16-17,21H,11-13H2/t16-,17-,21+/m0/s1. The number of thioether (sulfide) groups is 1. The number of benzene rings is 2. The molecule has 0 amide bonds. The molecular weight excluding hydrogens is 342 g/mol. The number of oxazole rings is 1. The van der Waals surface area contributed by atoms with Crippen molar-refractivity contribution in [1.82, 2.24) is 4.98 Å². The minimum absolute atomic E-state index is 0.0136. The molecule has 0 radical (unpaired) electrons. The van der Waals surface area contributed by atoms with Crippen LogP contribution < -0.4 is 0 Å². The molecule has 0 aliphatic heterocycles. The molecule has 2 saturated carbocycles. The highest BCUT2D eigenvalue weighted by molar-refractivity contribution is 8.00. The summed E-state index contributed by atoms with van der Waals surface area (Å²) < 4.78 is 6.17. The van der Waals surface area contributed by atoms with E-state index in [1.54, 1.807) is 0 Å². The number of Topliss-reactive ketones (excluding diaryl/α,β-unsaturated/α-hetero) is 1. The van der Waals surface area contributed by atoms with Crippen LogP contribution in [0, 0.1) is 11.8 Å². The van der Waals surface area contributed by atoms with Gasteiger partial charge >= 0.3 is 0 Å². The number of aromatic nitrogens is 1. The molecule has 2 aromatic carbocycles. The van der Waals surface area contributed by atoms with Crippen molar-refractivity contribution in [2.45, 2.75) is 29.7 Å². The largest absolute Gasteiger partial charge is 0.431 e. The lowest BCUT2D eigenvalue weighted by Gasteiger charge is -2.17. The van der Waals surface area contributed by atoms with Gasteiger partial charge in [0.2, 0.25) is 0 Å². The molecule has 5 rings (SSSR count). The van der Waals surface area contributed by atoms with E-state index in [1.165, 1.54) is 11.8 Å². The topological polar surface area (TPSA) is 43.1 Å². The van der Waals surface area contributed by atoms with Crippen LogP contribution in [0.3, 0.4) is 0 Å². The molecule has 3 atom stereocenters. The molecule has 1 aromatic heterocycles. The lowest BCUT2D eigenvalue weighted by atomic mass is 9.99. The average molecular weight is 361 g/mol. The third kappa shape index (κ3) is 2.69. The van der Waals surface area contributed by atoms with Crippen molar-refractivity contribution in [2.24, 2.45) is 11.8 Å². The molecule has 1 heterocycles. The number of fused-ring (bicyclic) bond motifs is 2. The number of hydrogen-bond acceptors (Lipinski definition) is 4. The van der Waals surface area contributed by atoms with E-state index in [9.17, 15) is 4.79 Å². The van der Waals surface area contributed by atoms with Crippen LogP contribution in [-0.4, -0.2) is 16.0 Å². The van der Waals surface area contributed by atoms with Crippen LogP contribution in [0.1, 0.15) is 19.3 Å². The summed E-state index contributed by atoms with van der Waals surface area (Å²) in [6, 6.07) is 20.1. The Labute approximate surface area is 156 Å². The van der Waals surface area contributed by atoms with E-state index in [0.29, 0.717) is 16.9 Å². The molecule has 2 aliphatic rings. The molecule has 4 heteroatoms. The zero-order chi connectivity index (χ0) is 17.5. The second-order valence-electron chi connectivity index (χ2n) is 7.10. The van der Waals surface area contributed by atoms with E-state index >= 15 is 0 Å². The zero-order valence-electron chi connectivity index (χ0n) is 14.3. The second kappa shape index (κ2) is 6.44. The Kier molecular flexibility index (Phi) is 3.93. The van der Waals surface area contributed by atoms with E-state index in [0.717, 1.165) is 41.8 Å². The van der Waals surface area contributed by atoms with Gasteiger partial charge in [0.1, 0.15) is 11.5 Å². The van der Waals surface area contributed by atoms with E-state index < -0.39 is 0 Å². The van der Waals surface area contributed by atoms with Crippen molar-refractivity contribution >= 4 is 17.5 Å². The van der Waals surface area contributed by atoms with Crippen molar-refractivity contribution in [3.63, 3.8) is 0 Å². The first kappa shape index (κ1) is 15.9. The van der Waals surface area contributed by atoms with Crippen LogP contribution in [0.15, 0.2) is 70.3 Å². The molecule has 3 aromatic rings. The number of nitrogens with zero attached hydrogens (tertiary/aromatic N) is 1. The van der Waals surface area contributed by atoms with Gasteiger partial charge in [-0.15, -0.1) is 0 Å². The monoisotopic (exact) mass is 361 g/mol. The van der Waals surface area contributed by atoms with E-state index in [-0.39, 0.29) is 11.2 Å². The number of carbonyl (C=O) groups is 1. The number of ketones is 1. The van der Waals surface area contributed by atoms with E-state index in [4.69, 9.17) is 9.40 Å². The molecule has 3 nitrogen and oxygen atoms in total. The maximum Gasteiger partial charge on any atom is 0.257 e. The van der Waals surface area contributed by atoms with Crippen molar-refractivity contribution in [2.75, 3.05) is 0 Å². The van der Waals surface area contributed by atoms with Gasteiger partial charge in [-0.3, -0.25) is 4.79 Å². The second-order valence-corrected chi connectivity index (χ2v) is 8.19. The molecule has 2 fully saturated rings. The van der Waals surface area contributed by atoms with Crippen molar-refractivity contribution in [1.29, 1.82) is 0 Å². The van der Waals surface area contributed by atoms with E-state index in [2.05, 4.69) is 0 Å². The molecule has 2 aliphatic carbocycles. The van der Waals surface area contributed by atoms with Crippen molar-refractivity contribution < 1.29 is 9.21 Å². The molecule has 0 saturated heterocycles. The average Bonchev–Trinajstić information content (AvgIpc) is 3.40. The maximum absolute atomic E-state index is 12.5. The molecule has 2 bridgehead atoms. The first-order valence-corrected chi connectivity index (χ1v) is 9.99. The normalized spacial score (nSPS) is 24.3. The predicted octanol–water partition coefficient (Wildman–Crippen LogP) is 5.47. The SMILES string of the molecule is O=C1[C@H]2CC[C@@H](C2)[C@H]1Sc1nc(-c2ccccc2)c(-c2ccccc2)o1. The summed E-state index contributed by atoms with van der Waals surface area (Å²) in [5.74, 6) is 1.93. The summed E-state index contributed by atoms with van der Waals surface area (Å²) in [6.07, 6.45) is 3.27. The van der Waals surface area contributed by atoms with Gasteiger partial charge in [0.05, 0.1) is 5.25 Å². The van der Waals surface area contributed by atoms with Crippen LogP contribution in [0.25, 0.3) is 22.6 Å². The summed E-state index contributed by atoms with van der Waals surface area (Å²) in [5, 5.41) is 0.619. The number of carbonyl (C=O) groups excluding carboxylic acids is 1. The summed E-state index contributed by atoms with van der Waals surface area (Å²) in [5.41, 5.74) is 2.88. The highest BCUT2D eigenvalue weighted by Crippen LogP contribution is 2.49. The zero-order valence-corrected chi connectivity index (χ0v) is 15.1. The third-order valence-electron chi connectivity index (χ3n) is 5.50. The summed E-state index contributed by atoms with van der Waals surface area (Å²) in [4.78, 5) is 17.3. The van der Waals surface area contributed by atoms with Gasteiger partial charge in [-0.05, 0) is 25.2 Å². The third-order valence-corrected chi connectivity index (χ3v) is 6.75. The van der Waals surface area contributed by atoms with Crippen LogP contribution in [0.4, 0.5) is 0 Å². The predicted molar refractivity (Wildman–Crippen MR) is 103 cm³/mol. The fourth-order valence-corrected chi connectivity index (χ4v) is 5.45. The van der Waals surface area contributed by atoms with Gasteiger partial charge in [-0.1, -0.05) is 72.4 Å².